The van der Waals surface area contributed by atoms with E-state index in [0.717, 1.165) is 0 Å². The van der Waals surface area contributed by atoms with E-state index in [2.05, 4.69) is 4.98 Å². The fraction of sp³-hybridized carbons (Fsp3) is 0.167. The number of nitrogen functional groups attached to an aromatic ring is 1. The maximum Gasteiger partial charge on any atom is 0.215 e. The van der Waals surface area contributed by atoms with Crippen molar-refractivity contribution in [3.05, 3.63) is 17.3 Å². The maximum atomic E-state index is 5.59. The van der Waals surface area contributed by atoms with Crippen molar-refractivity contribution in [1.82, 2.24) is 4.98 Å². The molecule has 3 nitrogen and oxygen atoms in total. The van der Waals surface area contributed by atoms with Crippen LogP contribution in [0.5, 0.6) is 5.88 Å². The summed E-state index contributed by atoms with van der Waals surface area (Å²) in [7, 11) is 1.52. The van der Waals surface area contributed by atoms with E-state index >= 15 is 0 Å². The normalized spacial score (nSPS) is 9.40. The highest BCUT2D eigenvalue weighted by Gasteiger charge is 1.97. The summed E-state index contributed by atoms with van der Waals surface area (Å²) in [6, 6.07) is 1.57. The van der Waals surface area contributed by atoms with Gasteiger partial charge in [0.1, 0.15) is 0 Å². The van der Waals surface area contributed by atoms with Crippen LogP contribution in [0.4, 0.5) is 5.69 Å². The Bertz CT molecular complexity index is 239. The van der Waals surface area contributed by atoms with Gasteiger partial charge in [-0.05, 0) is 0 Å². The summed E-state index contributed by atoms with van der Waals surface area (Å²) in [6.07, 6.45) is 1.45. The minimum Gasteiger partial charge on any atom is -0.481 e. The number of methoxy groups -OCH3 is 1. The highest BCUT2D eigenvalue weighted by molar-refractivity contribution is 6.32. The zero-order valence-corrected chi connectivity index (χ0v) is 6.22. The van der Waals surface area contributed by atoms with Gasteiger partial charge in [0.2, 0.25) is 5.88 Å². The third-order valence-electron chi connectivity index (χ3n) is 1.07. The van der Waals surface area contributed by atoms with Crippen LogP contribution >= 0.6 is 11.6 Å². The van der Waals surface area contributed by atoms with Crippen LogP contribution < -0.4 is 10.5 Å². The first kappa shape index (κ1) is 7.15. The minimum atomic E-state index is 0.445. The first-order valence-electron chi connectivity index (χ1n) is 2.69. The molecule has 2 N–H and O–H groups in total. The van der Waals surface area contributed by atoms with Gasteiger partial charge in [0.05, 0.1) is 24.0 Å². The number of aromatic nitrogens is 1. The van der Waals surface area contributed by atoms with Gasteiger partial charge in [-0.3, -0.25) is 0 Å². The lowest BCUT2D eigenvalue weighted by molar-refractivity contribution is 0.398. The van der Waals surface area contributed by atoms with E-state index in [0.29, 0.717) is 16.6 Å². The molecular weight excluding hydrogens is 152 g/mol. The predicted molar refractivity (Wildman–Crippen MR) is 40.2 cm³/mol. The summed E-state index contributed by atoms with van der Waals surface area (Å²) in [5.74, 6) is 0.474. The SMILES string of the molecule is COc1cc(N)c(Cl)cn1. The molecule has 0 amide bonds. The van der Waals surface area contributed by atoms with Gasteiger partial charge in [0.15, 0.2) is 0 Å². The van der Waals surface area contributed by atoms with Crippen LogP contribution in [0.25, 0.3) is 0 Å². The lowest BCUT2D eigenvalue weighted by Gasteiger charge is -1.99. The average molecular weight is 159 g/mol. The Morgan fingerprint density at radius 3 is 2.90 bits per heavy atom. The quantitative estimate of drug-likeness (QED) is 0.671. The van der Waals surface area contributed by atoms with Crippen LogP contribution in [0.15, 0.2) is 12.3 Å². The van der Waals surface area contributed by atoms with Gasteiger partial charge in [-0.1, -0.05) is 11.6 Å². The van der Waals surface area contributed by atoms with Crippen molar-refractivity contribution in [2.45, 2.75) is 0 Å². The van der Waals surface area contributed by atoms with E-state index in [4.69, 9.17) is 22.1 Å². The molecule has 10 heavy (non-hydrogen) atoms. The lowest BCUT2D eigenvalue weighted by atomic mass is 10.4. The molecule has 0 fully saturated rings. The highest BCUT2D eigenvalue weighted by Crippen LogP contribution is 2.20. The van der Waals surface area contributed by atoms with E-state index in [1.54, 1.807) is 6.07 Å². The molecule has 4 heteroatoms. The second kappa shape index (κ2) is 2.75. The number of hydrogen-bond acceptors (Lipinski definition) is 3. The number of pyridine rings is 1. The Balaban J connectivity index is 3.04. The number of rotatable bonds is 1. The summed E-state index contributed by atoms with van der Waals surface area (Å²) in [5, 5.41) is 0.445. The van der Waals surface area contributed by atoms with Crippen LogP contribution in [-0.2, 0) is 0 Å². The number of hydrogen-bond donors (Lipinski definition) is 1. The number of nitrogens with two attached hydrogens (primary N) is 1. The zero-order valence-electron chi connectivity index (χ0n) is 5.47. The standard InChI is InChI=1S/C6H7ClN2O/c1-10-6-2-5(8)4(7)3-9-6/h2-3H,1H3,(H2,8,9). The minimum absolute atomic E-state index is 0.445. The van der Waals surface area contributed by atoms with E-state index in [-0.39, 0.29) is 0 Å². The Labute approximate surface area is 63.8 Å². The molecule has 0 saturated heterocycles. The van der Waals surface area contributed by atoms with Crippen LogP contribution in [0.1, 0.15) is 0 Å². The van der Waals surface area contributed by atoms with Crippen molar-refractivity contribution in [3.8, 4) is 5.88 Å². The first-order valence-corrected chi connectivity index (χ1v) is 3.07. The molecule has 0 aliphatic heterocycles. The van der Waals surface area contributed by atoms with Gasteiger partial charge in [-0.25, -0.2) is 4.98 Å². The van der Waals surface area contributed by atoms with Gasteiger partial charge in [-0.15, -0.1) is 0 Å². The van der Waals surface area contributed by atoms with Crippen molar-refractivity contribution in [1.29, 1.82) is 0 Å². The molecule has 1 aromatic rings. The number of anilines is 1. The molecule has 0 aromatic carbocycles. The van der Waals surface area contributed by atoms with E-state index in [9.17, 15) is 0 Å². The smallest absolute Gasteiger partial charge is 0.215 e. The number of ether oxygens (including phenoxy) is 1. The topological polar surface area (TPSA) is 48.1 Å². The van der Waals surface area contributed by atoms with E-state index in [1.807, 2.05) is 0 Å². The Morgan fingerprint density at radius 1 is 1.70 bits per heavy atom. The molecule has 0 unspecified atom stereocenters. The van der Waals surface area contributed by atoms with Crippen LogP contribution in [0.3, 0.4) is 0 Å². The second-order valence-electron chi connectivity index (χ2n) is 1.75. The molecule has 0 radical (unpaired) electrons. The summed E-state index contributed by atoms with van der Waals surface area (Å²) >= 11 is 5.59. The molecule has 0 spiro atoms. The van der Waals surface area contributed by atoms with Crippen molar-refractivity contribution >= 4 is 17.3 Å². The maximum absolute atomic E-state index is 5.59. The molecule has 1 heterocycles. The molecule has 54 valence electrons. The zero-order chi connectivity index (χ0) is 7.56. The number of halogens is 1. The second-order valence-corrected chi connectivity index (χ2v) is 2.16. The summed E-state index contributed by atoms with van der Waals surface area (Å²) in [6.45, 7) is 0. The fourth-order valence-corrected chi connectivity index (χ4v) is 0.649. The van der Waals surface area contributed by atoms with Crippen LogP contribution in [-0.4, -0.2) is 12.1 Å². The van der Waals surface area contributed by atoms with Crippen molar-refractivity contribution in [3.63, 3.8) is 0 Å². The summed E-state index contributed by atoms with van der Waals surface area (Å²) in [5.41, 5.74) is 5.92. The fourth-order valence-electron chi connectivity index (χ4n) is 0.546. The van der Waals surface area contributed by atoms with Crippen molar-refractivity contribution in [2.75, 3.05) is 12.8 Å². The molecule has 1 rings (SSSR count). The Kier molecular flexibility index (Phi) is 1.97. The van der Waals surface area contributed by atoms with Gasteiger partial charge >= 0.3 is 0 Å². The summed E-state index contributed by atoms with van der Waals surface area (Å²) < 4.78 is 4.80. The van der Waals surface area contributed by atoms with Crippen LogP contribution in [0.2, 0.25) is 5.02 Å². The predicted octanol–water partition coefficient (Wildman–Crippen LogP) is 1.33. The summed E-state index contributed by atoms with van der Waals surface area (Å²) in [4.78, 5) is 3.82. The van der Waals surface area contributed by atoms with Gasteiger partial charge in [0, 0.05) is 6.07 Å². The molecule has 0 atom stereocenters. The number of nitrogens with zero attached hydrogens (tertiary/aromatic N) is 1. The highest BCUT2D eigenvalue weighted by atomic mass is 35.5. The monoisotopic (exact) mass is 158 g/mol. The van der Waals surface area contributed by atoms with Crippen molar-refractivity contribution < 1.29 is 4.74 Å². The first-order chi connectivity index (χ1) is 4.74. The Morgan fingerprint density at radius 2 is 2.40 bits per heavy atom. The Hall–Kier alpha value is -0.960. The largest absolute Gasteiger partial charge is 0.481 e. The van der Waals surface area contributed by atoms with E-state index < -0.39 is 0 Å². The molecule has 0 aliphatic rings. The van der Waals surface area contributed by atoms with E-state index in [1.165, 1.54) is 13.3 Å². The molecule has 1 aromatic heterocycles. The van der Waals surface area contributed by atoms with Gasteiger partial charge < -0.3 is 10.5 Å². The molecular formula is C6H7ClN2O. The molecule has 0 bridgehead atoms. The lowest BCUT2D eigenvalue weighted by Crippen LogP contribution is -1.91. The third-order valence-corrected chi connectivity index (χ3v) is 1.38. The third kappa shape index (κ3) is 1.30. The van der Waals surface area contributed by atoms with Gasteiger partial charge in [-0.2, -0.15) is 0 Å². The van der Waals surface area contributed by atoms with Gasteiger partial charge in [0.25, 0.3) is 0 Å². The van der Waals surface area contributed by atoms with Crippen LogP contribution in [0, 0.1) is 0 Å². The van der Waals surface area contributed by atoms with Crippen molar-refractivity contribution in [2.24, 2.45) is 0 Å². The molecule has 0 saturated carbocycles. The molecule has 0 aliphatic carbocycles. The average Bonchev–Trinajstić information content (AvgIpc) is 1.95.